The van der Waals surface area contributed by atoms with Crippen LogP contribution in [0.1, 0.15) is 17.3 Å². The Balaban J connectivity index is 2.79. The minimum atomic E-state index is 0.266. The van der Waals surface area contributed by atoms with Gasteiger partial charge in [-0.25, -0.2) is 4.98 Å². The molecule has 0 unspecified atom stereocenters. The molecule has 0 amide bonds. The van der Waals surface area contributed by atoms with Gasteiger partial charge in [0.25, 0.3) is 0 Å². The van der Waals surface area contributed by atoms with Gasteiger partial charge < -0.3 is 9.15 Å². The molecule has 0 radical (unpaired) electrons. The van der Waals surface area contributed by atoms with Crippen molar-refractivity contribution in [1.82, 2.24) is 4.98 Å². The first-order valence-electron chi connectivity index (χ1n) is 3.59. The Morgan fingerprint density at radius 2 is 2.42 bits per heavy atom. The number of oxazole rings is 1. The van der Waals surface area contributed by atoms with Crippen LogP contribution < -0.4 is 0 Å². The molecule has 0 aliphatic carbocycles. The van der Waals surface area contributed by atoms with Crippen LogP contribution in [0.25, 0.3) is 0 Å². The van der Waals surface area contributed by atoms with E-state index >= 15 is 0 Å². The van der Waals surface area contributed by atoms with Crippen LogP contribution in [0.3, 0.4) is 0 Å². The highest BCUT2D eigenvalue weighted by Gasteiger charge is 2.07. The van der Waals surface area contributed by atoms with Crippen molar-refractivity contribution in [3.63, 3.8) is 0 Å². The van der Waals surface area contributed by atoms with E-state index in [4.69, 9.17) is 14.4 Å². The normalized spacial score (nSPS) is 9.75. The molecular weight excluding hydrogens is 156 g/mol. The Labute approximate surface area is 70.8 Å². The highest BCUT2D eigenvalue weighted by atomic mass is 16.5. The Hall–Kier alpha value is -1.34. The predicted molar refractivity (Wildman–Crippen MR) is 41.3 cm³/mol. The van der Waals surface area contributed by atoms with Gasteiger partial charge in [0, 0.05) is 7.11 Å². The minimum Gasteiger partial charge on any atom is -0.442 e. The highest BCUT2D eigenvalue weighted by Crippen LogP contribution is 2.10. The summed E-state index contributed by atoms with van der Waals surface area (Å²) in [5, 5.41) is 8.41. The number of nitrogens with zero attached hydrogens (tertiary/aromatic N) is 2. The summed E-state index contributed by atoms with van der Waals surface area (Å²) in [7, 11) is 1.57. The van der Waals surface area contributed by atoms with Gasteiger partial charge in [-0.1, -0.05) is 0 Å². The summed E-state index contributed by atoms with van der Waals surface area (Å²) in [6, 6.07) is 2.01. The maximum absolute atomic E-state index is 8.41. The minimum absolute atomic E-state index is 0.266. The summed E-state index contributed by atoms with van der Waals surface area (Å²) in [6.07, 6.45) is 0.266. The van der Waals surface area contributed by atoms with Gasteiger partial charge in [-0.2, -0.15) is 5.26 Å². The summed E-state index contributed by atoms with van der Waals surface area (Å²) in [5.41, 5.74) is 0.767. The molecule has 1 aromatic rings. The molecule has 1 aromatic heterocycles. The Morgan fingerprint density at radius 1 is 1.67 bits per heavy atom. The average Bonchev–Trinajstić information content (AvgIpc) is 2.34. The summed E-state index contributed by atoms with van der Waals surface area (Å²) in [6.45, 7) is 2.17. The van der Waals surface area contributed by atoms with Crippen LogP contribution in [0.4, 0.5) is 0 Å². The molecule has 12 heavy (non-hydrogen) atoms. The number of hydrogen-bond donors (Lipinski definition) is 0. The van der Waals surface area contributed by atoms with Crippen molar-refractivity contribution < 1.29 is 9.15 Å². The van der Waals surface area contributed by atoms with E-state index < -0.39 is 0 Å². The van der Waals surface area contributed by atoms with E-state index in [0.717, 1.165) is 5.69 Å². The Morgan fingerprint density at radius 3 is 3.00 bits per heavy atom. The van der Waals surface area contributed by atoms with Gasteiger partial charge in [-0.05, 0) is 6.92 Å². The number of nitriles is 1. The molecule has 0 spiro atoms. The van der Waals surface area contributed by atoms with Gasteiger partial charge in [0.2, 0.25) is 5.89 Å². The third-order valence-electron chi connectivity index (χ3n) is 1.44. The van der Waals surface area contributed by atoms with E-state index in [1.165, 1.54) is 0 Å². The molecule has 0 bridgehead atoms. The standard InChI is InChI=1S/C8H10N2O2/c1-6-7(3-4-9)12-8(10-6)5-11-2/h3,5H2,1-2H3. The van der Waals surface area contributed by atoms with Crippen molar-refractivity contribution in [2.75, 3.05) is 7.11 Å². The summed E-state index contributed by atoms with van der Waals surface area (Å²) < 4.78 is 10.1. The monoisotopic (exact) mass is 166 g/mol. The first kappa shape index (κ1) is 8.75. The third-order valence-corrected chi connectivity index (χ3v) is 1.44. The molecule has 0 N–H and O–H groups in total. The van der Waals surface area contributed by atoms with Gasteiger partial charge in [-0.3, -0.25) is 0 Å². The highest BCUT2D eigenvalue weighted by molar-refractivity contribution is 5.11. The van der Waals surface area contributed by atoms with Crippen LogP contribution in [-0.4, -0.2) is 12.1 Å². The molecule has 1 rings (SSSR count). The lowest BCUT2D eigenvalue weighted by Crippen LogP contribution is -1.85. The lowest BCUT2D eigenvalue weighted by Gasteiger charge is -1.89. The second-order valence-corrected chi connectivity index (χ2v) is 2.38. The molecule has 0 fully saturated rings. The second-order valence-electron chi connectivity index (χ2n) is 2.38. The molecule has 1 heterocycles. The van der Waals surface area contributed by atoms with Crippen molar-refractivity contribution in [3.8, 4) is 6.07 Å². The van der Waals surface area contributed by atoms with Crippen molar-refractivity contribution in [2.45, 2.75) is 20.0 Å². The number of ether oxygens (including phenoxy) is 1. The molecule has 64 valence electrons. The van der Waals surface area contributed by atoms with Gasteiger partial charge in [0.1, 0.15) is 12.4 Å². The maximum Gasteiger partial charge on any atom is 0.220 e. The summed E-state index contributed by atoms with van der Waals surface area (Å²) >= 11 is 0. The molecule has 0 aliphatic heterocycles. The van der Waals surface area contributed by atoms with Gasteiger partial charge in [0.15, 0.2) is 0 Å². The fourth-order valence-corrected chi connectivity index (χ4v) is 0.909. The van der Waals surface area contributed by atoms with Gasteiger partial charge >= 0.3 is 0 Å². The number of methoxy groups -OCH3 is 1. The van der Waals surface area contributed by atoms with Crippen molar-refractivity contribution in [2.24, 2.45) is 0 Å². The zero-order chi connectivity index (χ0) is 8.97. The Bertz CT molecular complexity index is 298. The topological polar surface area (TPSA) is 59.0 Å². The van der Waals surface area contributed by atoms with Crippen LogP contribution in [0.5, 0.6) is 0 Å². The molecular formula is C8H10N2O2. The van der Waals surface area contributed by atoms with Crippen LogP contribution in [-0.2, 0) is 17.8 Å². The SMILES string of the molecule is COCc1nc(C)c(CC#N)o1. The lowest BCUT2D eigenvalue weighted by molar-refractivity contribution is 0.158. The molecule has 4 heteroatoms. The quantitative estimate of drug-likeness (QED) is 0.676. The van der Waals surface area contributed by atoms with Gasteiger partial charge in [-0.15, -0.1) is 0 Å². The predicted octanol–water partition coefficient (Wildman–Crippen LogP) is 1.20. The molecule has 0 saturated carbocycles. The number of aromatic nitrogens is 1. The number of hydrogen-bond acceptors (Lipinski definition) is 4. The zero-order valence-electron chi connectivity index (χ0n) is 7.13. The molecule has 0 saturated heterocycles. The number of aryl methyl sites for hydroxylation is 1. The van der Waals surface area contributed by atoms with Gasteiger partial charge in [0.05, 0.1) is 18.2 Å². The van der Waals surface area contributed by atoms with Crippen LogP contribution in [0, 0.1) is 18.3 Å². The number of rotatable bonds is 3. The third kappa shape index (κ3) is 1.83. The molecule has 4 nitrogen and oxygen atoms in total. The molecule has 0 aliphatic rings. The van der Waals surface area contributed by atoms with Crippen LogP contribution in [0.15, 0.2) is 4.42 Å². The van der Waals surface area contributed by atoms with E-state index in [1.54, 1.807) is 7.11 Å². The summed E-state index contributed by atoms with van der Waals surface area (Å²) in [5.74, 6) is 1.16. The van der Waals surface area contributed by atoms with Crippen molar-refractivity contribution >= 4 is 0 Å². The van der Waals surface area contributed by atoms with E-state index in [-0.39, 0.29) is 6.42 Å². The van der Waals surface area contributed by atoms with Crippen molar-refractivity contribution in [1.29, 1.82) is 5.26 Å². The maximum atomic E-state index is 8.41. The van der Waals surface area contributed by atoms with Crippen LogP contribution >= 0.6 is 0 Å². The zero-order valence-corrected chi connectivity index (χ0v) is 7.13. The first-order valence-corrected chi connectivity index (χ1v) is 3.59. The fraction of sp³-hybridized carbons (Fsp3) is 0.500. The van der Waals surface area contributed by atoms with E-state index in [1.807, 2.05) is 13.0 Å². The van der Waals surface area contributed by atoms with Crippen LogP contribution in [0.2, 0.25) is 0 Å². The Kier molecular flexibility index (Phi) is 2.83. The smallest absolute Gasteiger partial charge is 0.220 e. The molecule has 0 aromatic carbocycles. The van der Waals surface area contributed by atoms with E-state index in [9.17, 15) is 0 Å². The molecule has 0 atom stereocenters. The van der Waals surface area contributed by atoms with E-state index in [2.05, 4.69) is 4.98 Å². The summed E-state index contributed by atoms with van der Waals surface area (Å²) in [4.78, 5) is 4.08. The average molecular weight is 166 g/mol. The largest absolute Gasteiger partial charge is 0.442 e. The lowest BCUT2D eigenvalue weighted by atomic mass is 10.3. The van der Waals surface area contributed by atoms with Crippen molar-refractivity contribution in [3.05, 3.63) is 17.3 Å². The van der Waals surface area contributed by atoms with E-state index in [0.29, 0.717) is 18.3 Å². The second kappa shape index (κ2) is 3.88. The fourth-order valence-electron chi connectivity index (χ4n) is 0.909. The first-order chi connectivity index (χ1) is 5.77.